The average Bonchev–Trinajstić information content (AvgIpc) is 2.70. The predicted molar refractivity (Wildman–Crippen MR) is 94.5 cm³/mol. The number of aromatic nitrogens is 3. The van der Waals surface area contributed by atoms with Crippen molar-refractivity contribution in [3.63, 3.8) is 0 Å². The lowest BCUT2D eigenvalue weighted by molar-refractivity contribution is 0.730. The molecule has 0 saturated heterocycles. The number of nitrogens with zero attached hydrogens (tertiary/aromatic N) is 3. The van der Waals surface area contributed by atoms with E-state index in [0.717, 1.165) is 33.3 Å². The van der Waals surface area contributed by atoms with Gasteiger partial charge in [-0.15, -0.1) is 0 Å². The molecule has 4 nitrogen and oxygen atoms in total. The zero-order chi connectivity index (χ0) is 15.9. The van der Waals surface area contributed by atoms with Gasteiger partial charge in [0.2, 0.25) is 0 Å². The van der Waals surface area contributed by atoms with Gasteiger partial charge in [0.15, 0.2) is 0 Å². The SMILES string of the molecule is Cc1nn(C)c(C)c1CNc1ccnc2c(Cl)cc(Br)cc12. The molecule has 1 N–H and O–H groups in total. The van der Waals surface area contributed by atoms with Crippen LogP contribution in [0.25, 0.3) is 10.9 Å². The standard InChI is InChI=1S/C16H16BrClN4/c1-9-13(10(2)22(3)21-9)8-20-15-4-5-19-16-12(15)6-11(17)7-14(16)18/h4-7H,8H2,1-3H3,(H,19,20). The maximum atomic E-state index is 6.27. The van der Waals surface area contributed by atoms with Crippen LogP contribution in [0.3, 0.4) is 0 Å². The van der Waals surface area contributed by atoms with Gasteiger partial charge in [-0.25, -0.2) is 0 Å². The molecular weight excluding hydrogens is 364 g/mol. The van der Waals surface area contributed by atoms with Crippen LogP contribution in [0.4, 0.5) is 5.69 Å². The first kappa shape index (κ1) is 15.3. The zero-order valence-corrected chi connectivity index (χ0v) is 15.0. The van der Waals surface area contributed by atoms with Crippen LogP contribution in [0.1, 0.15) is 17.0 Å². The Morgan fingerprint density at radius 1 is 1.32 bits per heavy atom. The summed E-state index contributed by atoms with van der Waals surface area (Å²) in [6.45, 7) is 4.83. The highest BCUT2D eigenvalue weighted by molar-refractivity contribution is 9.10. The van der Waals surface area contributed by atoms with E-state index in [1.807, 2.05) is 36.9 Å². The first-order chi connectivity index (χ1) is 10.5. The van der Waals surface area contributed by atoms with Crippen LogP contribution < -0.4 is 5.32 Å². The van der Waals surface area contributed by atoms with Gasteiger partial charge < -0.3 is 5.32 Å². The number of rotatable bonds is 3. The number of nitrogens with one attached hydrogen (secondary N) is 1. The Bertz CT molecular complexity index is 857. The number of pyridine rings is 1. The highest BCUT2D eigenvalue weighted by Crippen LogP contribution is 2.31. The summed E-state index contributed by atoms with van der Waals surface area (Å²) in [5.41, 5.74) is 5.24. The molecule has 3 rings (SSSR count). The largest absolute Gasteiger partial charge is 0.380 e. The smallest absolute Gasteiger partial charge is 0.0909 e. The van der Waals surface area contributed by atoms with Crippen LogP contribution in [0, 0.1) is 13.8 Å². The van der Waals surface area contributed by atoms with E-state index in [4.69, 9.17) is 11.6 Å². The van der Waals surface area contributed by atoms with Crippen molar-refractivity contribution >= 4 is 44.1 Å². The van der Waals surface area contributed by atoms with Gasteiger partial charge in [-0.2, -0.15) is 5.10 Å². The molecule has 0 aliphatic heterocycles. The first-order valence-electron chi connectivity index (χ1n) is 6.94. The van der Waals surface area contributed by atoms with Crippen LogP contribution in [0.2, 0.25) is 5.02 Å². The molecular formula is C16H16BrClN4. The Hall–Kier alpha value is -1.59. The van der Waals surface area contributed by atoms with Gasteiger partial charge in [-0.05, 0) is 32.0 Å². The lowest BCUT2D eigenvalue weighted by atomic mass is 10.1. The van der Waals surface area contributed by atoms with Gasteiger partial charge in [0.1, 0.15) is 0 Å². The monoisotopic (exact) mass is 378 g/mol. The molecule has 2 heterocycles. The van der Waals surface area contributed by atoms with Gasteiger partial charge >= 0.3 is 0 Å². The van der Waals surface area contributed by atoms with Crippen LogP contribution in [-0.4, -0.2) is 14.8 Å². The molecule has 0 aliphatic rings. The number of fused-ring (bicyclic) bond motifs is 1. The molecule has 0 fully saturated rings. The molecule has 0 unspecified atom stereocenters. The van der Waals surface area contributed by atoms with Crippen molar-refractivity contribution in [3.05, 3.63) is 50.8 Å². The van der Waals surface area contributed by atoms with Crippen molar-refractivity contribution in [3.8, 4) is 0 Å². The summed E-state index contributed by atoms with van der Waals surface area (Å²) in [4.78, 5) is 4.37. The van der Waals surface area contributed by atoms with Gasteiger partial charge in [0, 0.05) is 46.6 Å². The van der Waals surface area contributed by atoms with E-state index in [0.29, 0.717) is 5.02 Å². The van der Waals surface area contributed by atoms with Crippen LogP contribution in [0.5, 0.6) is 0 Å². The topological polar surface area (TPSA) is 42.7 Å². The van der Waals surface area contributed by atoms with Crippen molar-refractivity contribution < 1.29 is 0 Å². The summed E-state index contributed by atoms with van der Waals surface area (Å²) >= 11 is 9.76. The quantitative estimate of drug-likeness (QED) is 0.722. The predicted octanol–water partition coefficient (Wildman–Crippen LogP) is 4.61. The molecule has 114 valence electrons. The van der Waals surface area contributed by atoms with Crippen molar-refractivity contribution in [1.82, 2.24) is 14.8 Å². The summed E-state index contributed by atoms with van der Waals surface area (Å²) < 4.78 is 2.85. The Morgan fingerprint density at radius 3 is 2.77 bits per heavy atom. The fourth-order valence-corrected chi connectivity index (χ4v) is 3.45. The van der Waals surface area contributed by atoms with Crippen molar-refractivity contribution in [1.29, 1.82) is 0 Å². The number of hydrogen-bond donors (Lipinski definition) is 1. The van der Waals surface area contributed by atoms with E-state index >= 15 is 0 Å². The Morgan fingerprint density at radius 2 is 2.09 bits per heavy atom. The number of halogens is 2. The fraction of sp³-hybridized carbons (Fsp3) is 0.250. The van der Waals surface area contributed by atoms with Crippen molar-refractivity contribution in [2.45, 2.75) is 20.4 Å². The van der Waals surface area contributed by atoms with E-state index in [9.17, 15) is 0 Å². The van der Waals surface area contributed by atoms with Crippen LogP contribution in [0.15, 0.2) is 28.9 Å². The van der Waals surface area contributed by atoms with E-state index in [1.54, 1.807) is 6.20 Å². The fourth-order valence-electron chi connectivity index (χ4n) is 2.59. The van der Waals surface area contributed by atoms with E-state index < -0.39 is 0 Å². The van der Waals surface area contributed by atoms with Gasteiger partial charge in [0.05, 0.1) is 16.2 Å². The molecule has 0 amide bonds. The average molecular weight is 380 g/mol. The molecule has 2 aromatic heterocycles. The molecule has 0 atom stereocenters. The molecule has 0 bridgehead atoms. The Balaban J connectivity index is 1.98. The molecule has 0 radical (unpaired) electrons. The van der Waals surface area contributed by atoms with E-state index in [1.165, 1.54) is 11.3 Å². The molecule has 6 heteroatoms. The molecule has 0 aliphatic carbocycles. The molecule has 3 aromatic rings. The third kappa shape index (κ3) is 2.71. The van der Waals surface area contributed by atoms with E-state index in [-0.39, 0.29) is 0 Å². The van der Waals surface area contributed by atoms with Crippen LogP contribution in [-0.2, 0) is 13.6 Å². The highest BCUT2D eigenvalue weighted by atomic mass is 79.9. The Labute approximate surface area is 142 Å². The number of hydrogen-bond acceptors (Lipinski definition) is 3. The van der Waals surface area contributed by atoms with Crippen molar-refractivity contribution in [2.75, 3.05) is 5.32 Å². The highest BCUT2D eigenvalue weighted by Gasteiger charge is 2.11. The molecule has 22 heavy (non-hydrogen) atoms. The van der Waals surface area contributed by atoms with E-state index in [2.05, 4.69) is 38.3 Å². The summed E-state index contributed by atoms with van der Waals surface area (Å²) in [7, 11) is 1.96. The third-order valence-corrected chi connectivity index (χ3v) is 4.62. The Kier molecular flexibility index (Phi) is 4.10. The minimum absolute atomic E-state index is 0.641. The second-order valence-corrected chi connectivity index (χ2v) is 6.59. The maximum absolute atomic E-state index is 6.27. The maximum Gasteiger partial charge on any atom is 0.0909 e. The zero-order valence-electron chi connectivity index (χ0n) is 12.6. The van der Waals surface area contributed by atoms with Crippen molar-refractivity contribution in [2.24, 2.45) is 7.05 Å². The lowest BCUT2D eigenvalue weighted by Gasteiger charge is -2.11. The summed E-state index contributed by atoms with van der Waals surface area (Å²) in [6.07, 6.45) is 1.77. The number of anilines is 1. The second-order valence-electron chi connectivity index (χ2n) is 5.27. The third-order valence-electron chi connectivity index (χ3n) is 3.88. The number of benzene rings is 1. The summed E-state index contributed by atoms with van der Waals surface area (Å²) in [6, 6.07) is 5.85. The molecule has 0 saturated carbocycles. The van der Waals surface area contributed by atoms with Gasteiger partial charge in [0.25, 0.3) is 0 Å². The summed E-state index contributed by atoms with van der Waals surface area (Å²) in [5.74, 6) is 0. The normalized spacial score (nSPS) is 11.1. The minimum atomic E-state index is 0.641. The number of aryl methyl sites for hydroxylation is 2. The minimum Gasteiger partial charge on any atom is -0.380 e. The van der Waals surface area contributed by atoms with Crippen LogP contribution >= 0.6 is 27.5 Å². The molecule has 1 aromatic carbocycles. The summed E-state index contributed by atoms with van der Waals surface area (Å²) in [5, 5.41) is 9.57. The molecule has 0 spiro atoms. The van der Waals surface area contributed by atoms with Gasteiger partial charge in [-0.3, -0.25) is 9.67 Å². The van der Waals surface area contributed by atoms with Gasteiger partial charge in [-0.1, -0.05) is 27.5 Å². The lowest BCUT2D eigenvalue weighted by Crippen LogP contribution is -2.03. The first-order valence-corrected chi connectivity index (χ1v) is 8.11. The second kappa shape index (κ2) is 5.89.